The van der Waals surface area contributed by atoms with Crippen LogP contribution in [0.2, 0.25) is 0 Å². The summed E-state index contributed by atoms with van der Waals surface area (Å²) in [7, 11) is 0. The smallest absolute Gasteiger partial charge is 0.255 e. The maximum atomic E-state index is 16.3. The van der Waals surface area contributed by atoms with Gasteiger partial charge in [0.05, 0.1) is 32.3 Å². The quantitative estimate of drug-likeness (QED) is 0.608. The molecule has 3 aliphatic rings. The van der Waals surface area contributed by atoms with E-state index in [1.165, 1.54) is 0 Å². The summed E-state index contributed by atoms with van der Waals surface area (Å²) in [6, 6.07) is -9.99. The number of imide groups is 1. The van der Waals surface area contributed by atoms with Crippen LogP contribution in [0, 0.1) is 5.82 Å². The predicted molar refractivity (Wildman–Crippen MR) is 122 cm³/mol. The van der Waals surface area contributed by atoms with E-state index in [2.05, 4.69) is 4.74 Å². The number of anilines is 1. The summed E-state index contributed by atoms with van der Waals surface area (Å²) in [5.74, 6) is -5.40. The zero-order valence-electron chi connectivity index (χ0n) is 36.9. The molecule has 3 heterocycles. The molecule has 0 aromatic heterocycles. The van der Waals surface area contributed by atoms with Crippen LogP contribution in [0.1, 0.15) is 67.3 Å². The van der Waals surface area contributed by atoms with Crippen molar-refractivity contribution in [1.82, 2.24) is 15.1 Å². The SMILES string of the molecule is [2H]c1c([2H])c(NC([2H])([2H])c2c([2H])c([2H])c(C([2H])([2H])N3C([2H])([2H])C([2H])([2H])OC([2H])([2H])C3([2H])[2H])c([2H])c2F)c2c(c1[2H])C(=O)N([C@H]1CCC(=O)NC1=O)C2([2H])[2H]. The Morgan fingerprint density at radius 1 is 1.24 bits per heavy atom. The number of halogens is 1. The lowest BCUT2D eigenvalue weighted by atomic mass is 10.0. The molecule has 3 amide bonds. The number of ether oxygens (including phenoxy) is 1. The van der Waals surface area contributed by atoms with E-state index in [0.717, 1.165) is 0 Å². The van der Waals surface area contributed by atoms with Gasteiger partial charge in [-0.15, -0.1) is 0 Å². The van der Waals surface area contributed by atoms with Gasteiger partial charge in [-0.3, -0.25) is 24.6 Å². The normalized spacial score (nSPS) is 37.7. The third-order valence-corrected chi connectivity index (χ3v) is 4.78. The summed E-state index contributed by atoms with van der Waals surface area (Å²) in [6.07, 6.45) is -0.733. The van der Waals surface area contributed by atoms with Gasteiger partial charge in [0.25, 0.3) is 5.91 Å². The number of piperidine rings is 1. The highest BCUT2D eigenvalue weighted by Crippen LogP contribution is 2.32. The van der Waals surface area contributed by atoms with Crippen LogP contribution in [0.25, 0.3) is 0 Å². The zero-order chi connectivity index (χ0) is 41.4. The topological polar surface area (TPSA) is 91.0 Å². The maximum Gasteiger partial charge on any atom is 0.255 e. The second kappa shape index (κ2) is 9.52. The molecule has 2 fully saturated rings. The average molecular weight is 487 g/mol. The molecule has 2 N–H and O–H groups in total. The Bertz CT molecular complexity index is 1970. The molecule has 0 spiro atoms. The number of nitrogens with zero attached hydrogens (tertiary/aromatic N) is 2. The van der Waals surface area contributed by atoms with Gasteiger partial charge in [-0.2, -0.15) is 0 Å². The van der Waals surface area contributed by atoms with Crippen molar-refractivity contribution in [3.63, 3.8) is 0 Å². The monoisotopic (exact) mass is 486 g/mol. The van der Waals surface area contributed by atoms with Gasteiger partial charge in [-0.25, -0.2) is 4.39 Å². The zero-order valence-corrected chi connectivity index (χ0v) is 16.9. The van der Waals surface area contributed by atoms with E-state index in [0.29, 0.717) is 4.90 Å². The highest BCUT2D eigenvalue weighted by Gasteiger charge is 2.39. The lowest BCUT2D eigenvalue weighted by molar-refractivity contribution is -0.136. The molecule has 0 bridgehead atoms. The van der Waals surface area contributed by atoms with E-state index < -0.39 is 151 Å². The summed E-state index contributed by atoms with van der Waals surface area (Å²) in [4.78, 5) is 37.6. The van der Waals surface area contributed by atoms with Crippen LogP contribution >= 0.6 is 0 Å². The highest BCUT2D eigenvalue weighted by atomic mass is 19.1. The maximum absolute atomic E-state index is 16.3. The van der Waals surface area contributed by atoms with Gasteiger partial charge in [-0.05, 0) is 30.1 Å². The van der Waals surface area contributed by atoms with Crippen molar-refractivity contribution in [2.45, 2.75) is 38.4 Å². The van der Waals surface area contributed by atoms with Gasteiger partial charge in [-0.1, -0.05) is 18.1 Å². The molecule has 8 nitrogen and oxygen atoms in total. The van der Waals surface area contributed by atoms with Gasteiger partial charge >= 0.3 is 0 Å². The van der Waals surface area contributed by atoms with Gasteiger partial charge in [0, 0.05) is 69.5 Å². The molecular weight excluding hydrogens is 439 g/mol. The Kier molecular flexibility index (Phi) is 2.53. The Morgan fingerprint density at radius 3 is 2.85 bits per heavy atom. The predicted octanol–water partition coefficient (Wildman–Crippen LogP) is 2.03. The van der Waals surface area contributed by atoms with Crippen molar-refractivity contribution in [3.8, 4) is 0 Å². The molecule has 2 aromatic rings. The average Bonchev–Trinajstić information content (AvgIpc) is 3.20. The molecule has 0 unspecified atom stereocenters. The van der Waals surface area contributed by atoms with Gasteiger partial charge in [0.2, 0.25) is 11.8 Å². The van der Waals surface area contributed by atoms with E-state index in [1.54, 1.807) is 0 Å². The lowest BCUT2D eigenvalue weighted by Crippen LogP contribution is -2.52. The Balaban J connectivity index is 1.68. The van der Waals surface area contributed by atoms with Crippen molar-refractivity contribution < 1.29 is 50.9 Å². The standard InChI is InChI=1S/C25H27FN4O4/c26-20-12-16(14-29-8-10-34-11-9-29)4-5-17(20)13-27-21-3-1-2-18-19(21)15-30(25(18)33)22-6-7-23(31)28-24(22)32/h1-5,12,22,27H,6-11,13-15H2,(H,28,31,32)/t22-/m0/s1/i1D,2D,3D,4D,5D,8D2,9D2,10D2,11D2,12D,13D2,14D2,15D2. The van der Waals surface area contributed by atoms with Gasteiger partial charge in [0.15, 0.2) is 0 Å². The molecular formula is C25H27FN4O4. The largest absolute Gasteiger partial charge is 0.381 e. The van der Waals surface area contributed by atoms with E-state index >= 15 is 4.39 Å². The van der Waals surface area contributed by atoms with Crippen LogP contribution in [0.15, 0.2) is 36.3 Å². The fourth-order valence-corrected chi connectivity index (χ4v) is 3.22. The number of fused-ring (bicyclic) bond motifs is 1. The van der Waals surface area contributed by atoms with E-state index in [4.69, 9.17) is 27.4 Å². The second-order valence-electron chi connectivity index (χ2n) is 6.92. The van der Waals surface area contributed by atoms with Crippen LogP contribution < -0.4 is 10.6 Å². The molecule has 178 valence electrons. The molecule has 3 aliphatic heterocycles. The van der Waals surface area contributed by atoms with Crippen LogP contribution in [-0.2, 0) is 33.8 Å². The summed E-state index contributed by atoms with van der Waals surface area (Å²) in [5.41, 5.74) is -6.28. The minimum absolute atomic E-state index is 0.321. The van der Waals surface area contributed by atoms with Crippen LogP contribution in [-0.4, -0.2) is 59.7 Å². The number of carbonyl (C=O) groups excluding carboxylic acids is 3. The number of benzene rings is 2. The lowest BCUT2D eigenvalue weighted by Gasteiger charge is -2.29. The minimum Gasteiger partial charge on any atom is -0.381 e. The van der Waals surface area contributed by atoms with Crippen LogP contribution in [0.3, 0.4) is 0 Å². The third-order valence-electron chi connectivity index (χ3n) is 4.78. The molecule has 9 heteroatoms. The number of hydrogen-bond acceptors (Lipinski definition) is 6. The first-order valence-corrected chi connectivity index (χ1v) is 9.64. The fraction of sp³-hybridized carbons (Fsp3) is 0.400. The van der Waals surface area contributed by atoms with Crippen molar-refractivity contribution >= 4 is 23.4 Å². The van der Waals surface area contributed by atoms with Gasteiger partial charge < -0.3 is 15.0 Å². The van der Waals surface area contributed by atoms with Crippen molar-refractivity contribution in [3.05, 3.63) is 64.3 Å². The number of rotatable bonds is 6. The number of nitrogens with one attached hydrogen (secondary N) is 2. The molecule has 2 saturated heterocycles. The van der Waals surface area contributed by atoms with Crippen molar-refractivity contribution in [2.75, 3.05) is 31.4 Å². The van der Waals surface area contributed by atoms with Crippen molar-refractivity contribution in [2.24, 2.45) is 0 Å². The second-order valence-corrected chi connectivity index (χ2v) is 6.92. The molecule has 0 saturated carbocycles. The molecule has 1 atom stereocenters. The van der Waals surface area contributed by atoms with E-state index in [-0.39, 0.29) is 6.42 Å². The Hall–Kier alpha value is -3.30. The van der Waals surface area contributed by atoms with Crippen molar-refractivity contribution in [1.29, 1.82) is 0 Å². The number of amides is 3. The van der Waals surface area contributed by atoms with Crippen LogP contribution in [0.4, 0.5) is 10.1 Å². The first kappa shape index (κ1) is 9.05. The molecule has 2 aromatic carbocycles. The summed E-state index contributed by atoms with van der Waals surface area (Å²) in [5, 5.41) is 3.83. The van der Waals surface area contributed by atoms with E-state index in [9.17, 15) is 14.4 Å². The molecule has 34 heavy (non-hydrogen) atoms. The fourth-order valence-electron chi connectivity index (χ4n) is 3.22. The number of carbonyl (C=O) groups is 3. The Labute approximate surface area is 225 Å². The highest BCUT2D eigenvalue weighted by molar-refractivity contribution is 6.06. The first-order chi connectivity index (χ1) is 24.2. The summed E-state index contributed by atoms with van der Waals surface area (Å²) >= 11 is 0. The third kappa shape index (κ3) is 4.53. The van der Waals surface area contributed by atoms with Crippen LogP contribution in [0.5, 0.6) is 0 Å². The molecule has 5 rings (SSSR count). The number of hydrogen-bond donors (Lipinski definition) is 2. The van der Waals surface area contributed by atoms with E-state index in [1.807, 2.05) is 10.6 Å². The Morgan fingerprint density at radius 2 is 2.06 bits per heavy atom. The molecule has 0 radical (unpaired) electrons. The molecule has 0 aliphatic carbocycles. The first-order valence-electron chi connectivity index (χ1n) is 19.6. The summed E-state index contributed by atoms with van der Waals surface area (Å²) in [6.45, 7) is -26.5. The van der Waals surface area contributed by atoms with Gasteiger partial charge in [0.1, 0.15) is 11.9 Å². The summed E-state index contributed by atoms with van der Waals surface area (Å²) < 4.78 is 187. The number of morpholine rings is 1. The minimum atomic E-state index is -4.07.